The van der Waals surface area contributed by atoms with Crippen LogP contribution in [0.4, 0.5) is 34.1 Å². The zero-order valence-electron chi connectivity index (χ0n) is 44.5. The van der Waals surface area contributed by atoms with Crippen LogP contribution in [0.2, 0.25) is 0 Å². The van der Waals surface area contributed by atoms with Crippen LogP contribution in [0, 0.1) is 34.0 Å². The van der Waals surface area contributed by atoms with Gasteiger partial charge in [0.05, 0.1) is 69.0 Å². The van der Waals surface area contributed by atoms with Gasteiger partial charge in [-0.25, -0.2) is 15.0 Å². The van der Waals surface area contributed by atoms with Crippen LogP contribution in [0.5, 0.6) is 0 Å². The van der Waals surface area contributed by atoms with Gasteiger partial charge in [-0.3, -0.25) is 0 Å². The molecule has 8 heteroatoms. The lowest BCUT2D eigenvalue weighted by molar-refractivity contribution is 0.632. The Morgan fingerprint density at radius 3 is 1.10 bits per heavy atom. The van der Waals surface area contributed by atoms with E-state index in [1.807, 2.05) is 97.1 Å². The van der Waals surface area contributed by atoms with Crippen LogP contribution in [0.3, 0.4) is 0 Å². The van der Waals surface area contributed by atoms with Gasteiger partial charge in [0, 0.05) is 27.5 Å². The van der Waals surface area contributed by atoms with E-state index in [1.54, 1.807) is 0 Å². The molecular weight excluding hydrogens is 977 g/mol. The van der Waals surface area contributed by atoms with Crippen molar-refractivity contribution in [2.24, 2.45) is 0 Å². The van der Waals surface area contributed by atoms with Crippen LogP contribution >= 0.6 is 0 Å². The number of benzene rings is 10. The summed E-state index contributed by atoms with van der Waals surface area (Å²) in [6.45, 7) is 9.11. The van der Waals surface area contributed by atoms with Crippen molar-refractivity contribution in [3.63, 3.8) is 0 Å². The van der Waals surface area contributed by atoms with Crippen LogP contribution in [0.1, 0.15) is 66.6 Å². The molecule has 80 heavy (non-hydrogen) atoms. The topological polar surface area (TPSA) is 117 Å². The zero-order chi connectivity index (χ0) is 54.7. The van der Waals surface area contributed by atoms with Crippen molar-refractivity contribution in [3.05, 3.63) is 269 Å². The van der Waals surface area contributed by atoms with Crippen LogP contribution in [0.25, 0.3) is 67.5 Å². The van der Waals surface area contributed by atoms with E-state index in [0.717, 1.165) is 106 Å². The van der Waals surface area contributed by atoms with Crippen LogP contribution in [-0.2, 0) is 10.8 Å². The lowest BCUT2D eigenvalue weighted by Gasteiger charge is -2.42. The van der Waals surface area contributed by atoms with Crippen LogP contribution < -0.4 is 9.80 Å². The van der Waals surface area contributed by atoms with Crippen LogP contribution in [-0.4, -0.2) is 15.0 Å². The quantitative estimate of drug-likeness (QED) is 0.148. The fourth-order valence-electron chi connectivity index (χ4n) is 12.0. The Kier molecular flexibility index (Phi) is 11.8. The van der Waals surface area contributed by atoms with E-state index in [-0.39, 0.29) is 10.8 Å². The normalized spacial score (nSPS) is 13.4. The average molecular weight is 1030 g/mol. The maximum absolute atomic E-state index is 10.5. The predicted octanol–water partition coefficient (Wildman–Crippen LogP) is 17.7. The Morgan fingerprint density at radius 1 is 0.300 bits per heavy atom. The largest absolute Gasteiger partial charge is 0.309 e. The molecule has 0 fully saturated rings. The number of para-hydroxylation sites is 4. The van der Waals surface area contributed by atoms with Crippen molar-refractivity contribution >= 4 is 34.1 Å². The van der Waals surface area contributed by atoms with Gasteiger partial charge in [-0.05, 0) is 128 Å². The van der Waals surface area contributed by atoms with E-state index in [4.69, 9.17) is 15.0 Å². The van der Waals surface area contributed by atoms with E-state index >= 15 is 0 Å². The first-order valence-electron chi connectivity index (χ1n) is 26.7. The standard InChI is InChI=1S/C72H50N8/c1-71(2)58-24-9-13-28-62(58)79(63-29-14-10-25-59(63)71)66-41-50(54-22-7-5-19-52(54)44-74)36-38-56(66)69-76-68(48-34-32-47(33-35-48)49-21-17-18-46(40-49)43-73)77-70(78-69)57-39-37-51(55-23-8-6-20-53(55)45-75)42-67(57)80-64-30-15-11-26-60(64)72(3,4)61-27-12-16-31-65(61)80/h5-42H,1-4H3. The molecule has 2 aliphatic heterocycles. The second-order valence-electron chi connectivity index (χ2n) is 21.3. The third-order valence-electron chi connectivity index (χ3n) is 16.1. The second kappa shape index (κ2) is 19.4. The highest BCUT2D eigenvalue weighted by molar-refractivity contribution is 5.97. The van der Waals surface area contributed by atoms with Gasteiger partial charge in [-0.15, -0.1) is 0 Å². The first-order chi connectivity index (χ1) is 39.0. The number of aromatic nitrogens is 3. The lowest BCUT2D eigenvalue weighted by Crippen LogP contribution is -2.30. The van der Waals surface area contributed by atoms with Gasteiger partial charge in [-0.2, -0.15) is 15.8 Å². The third-order valence-corrected chi connectivity index (χ3v) is 16.1. The van der Waals surface area contributed by atoms with Crippen molar-refractivity contribution in [1.82, 2.24) is 15.0 Å². The highest BCUT2D eigenvalue weighted by Gasteiger charge is 2.39. The van der Waals surface area contributed by atoms with E-state index in [0.29, 0.717) is 34.2 Å². The summed E-state index contributed by atoms with van der Waals surface area (Å²) in [6, 6.07) is 85.3. The van der Waals surface area contributed by atoms with Crippen molar-refractivity contribution in [2.45, 2.75) is 38.5 Å². The number of anilines is 6. The first-order valence-corrected chi connectivity index (χ1v) is 26.7. The Morgan fingerprint density at radius 2 is 0.675 bits per heavy atom. The summed E-state index contributed by atoms with van der Waals surface area (Å²) in [5, 5.41) is 30.7. The van der Waals surface area contributed by atoms with Crippen molar-refractivity contribution in [1.29, 1.82) is 15.8 Å². The number of hydrogen-bond acceptors (Lipinski definition) is 8. The molecule has 1 aromatic heterocycles. The van der Waals surface area contributed by atoms with E-state index < -0.39 is 0 Å². The smallest absolute Gasteiger partial charge is 0.166 e. The van der Waals surface area contributed by atoms with E-state index in [1.165, 1.54) is 0 Å². The Hall–Kier alpha value is -10.7. The number of hydrogen-bond donors (Lipinski definition) is 0. The highest BCUT2D eigenvalue weighted by Crippen LogP contribution is 2.56. The zero-order valence-corrected chi connectivity index (χ0v) is 44.5. The van der Waals surface area contributed by atoms with Gasteiger partial charge < -0.3 is 9.80 Å². The summed E-state index contributed by atoms with van der Waals surface area (Å²) in [7, 11) is 0. The minimum atomic E-state index is -0.332. The molecule has 13 rings (SSSR count). The number of nitriles is 3. The molecule has 2 aliphatic rings. The van der Waals surface area contributed by atoms with Gasteiger partial charge in [0.2, 0.25) is 0 Å². The van der Waals surface area contributed by atoms with Crippen molar-refractivity contribution < 1.29 is 0 Å². The van der Waals surface area contributed by atoms with Crippen LogP contribution in [0.15, 0.2) is 231 Å². The van der Waals surface area contributed by atoms with E-state index in [9.17, 15) is 15.8 Å². The summed E-state index contributed by atoms with van der Waals surface area (Å²) in [6.07, 6.45) is 0. The summed E-state index contributed by atoms with van der Waals surface area (Å²) in [4.78, 5) is 21.3. The van der Waals surface area contributed by atoms with Gasteiger partial charge in [0.1, 0.15) is 0 Å². The molecule has 0 N–H and O–H groups in total. The third kappa shape index (κ3) is 8.08. The average Bonchev–Trinajstić information content (AvgIpc) is 3.64. The predicted molar refractivity (Wildman–Crippen MR) is 320 cm³/mol. The molecule has 378 valence electrons. The van der Waals surface area contributed by atoms with Gasteiger partial charge in [0.15, 0.2) is 17.5 Å². The van der Waals surface area contributed by atoms with Gasteiger partial charge in [0.25, 0.3) is 0 Å². The first kappa shape index (κ1) is 48.9. The Balaban J connectivity index is 1.11. The molecule has 0 amide bonds. The van der Waals surface area contributed by atoms with Gasteiger partial charge in [-0.1, -0.05) is 185 Å². The highest BCUT2D eigenvalue weighted by atomic mass is 15.2. The molecule has 0 saturated heterocycles. The molecule has 0 radical (unpaired) electrons. The molecule has 0 atom stereocenters. The summed E-state index contributed by atoms with van der Waals surface area (Å²) < 4.78 is 0. The fourth-order valence-corrected chi connectivity index (χ4v) is 12.0. The Bertz CT molecular complexity index is 4110. The maximum atomic E-state index is 10.5. The molecule has 11 aromatic rings. The molecule has 0 aliphatic carbocycles. The number of rotatable bonds is 8. The maximum Gasteiger partial charge on any atom is 0.166 e. The Labute approximate surface area is 466 Å². The molecule has 8 nitrogen and oxygen atoms in total. The molecule has 0 unspecified atom stereocenters. The molecular formula is C72H50N8. The minimum Gasteiger partial charge on any atom is -0.309 e. The van der Waals surface area contributed by atoms with Crippen molar-refractivity contribution in [3.8, 4) is 85.8 Å². The monoisotopic (exact) mass is 1030 g/mol. The molecule has 10 aromatic carbocycles. The van der Waals surface area contributed by atoms with Crippen molar-refractivity contribution in [2.75, 3.05) is 9.80 Å². The molecule has 0 bridgehead atoms. The number of nitrogens with zero attached hydrogens (tertiary/aromatic N) is 8. The number of fused-ring (bicyclic) bond motifs is 4. The molecule has 0 saturated carbocycles. The van der Waals surface area contributed by atoms with Gasteiger partial charge >= 0.3 is 0 Å². The summed E-state index contributed by atoms with van der Waals surface area (Å²) >= 11 is 0. The van der Waals surface area contributed by atoms with E-state index in [2.05, 4.69) is 189 Å². The second-order valence-corrected chi connectivity index (χ2v) is 21.3. The molecule has 3 heterocycles. The lowest BCUT2D eigenvalue weighted by atomic mass is 9.73. The summed E-state index contributed by atoms with van der Waals surface area (Å²) in [5.41, 5.74) is 18.9. The SMILES string of the molecule is CC1(C)c2ccccc2N(c2cc(-c3ccccc3C#N)ccc2-c2nc(-c3ccc(-c4cccc(C#N)c4)cc3)nc(-c3ccc(-c4ccccc4C#N)cc3N3c4ccccc4C(C)(C)c4ccccc43)n2)c2ccccc21. The molecule has 0 spiro atoms. The minimum absolute atomic E-state index is 0.332. The summed E-state index contributed by atoms with van der Waals surface area (Å²) in [5.74, 6) is 1.34. The fraction of sp³-hybridized carbons (Fsp3) is 0.0833.